The van der Waals surface area contributed by atoms with Crippen molar-refractivity contribution in [1.29, 1.82) is 0 Å². The summed E-state index contributed by atoms with van der Waals surface area (Å²) in [5.74, 6) is -1.72. The summed E-state index contributed by atoms with van der Waals surface area (Å²) in [6.07, 6.45) is 2.84. The van der Waals surface area contributed by atoms with E-state index >= 15 is 0 Å². The Bertz CT molecular complexity index is 792. The maximum absolute atomic E-state index is 12.2. The lowest BCUT2D eigenvalue weighted by atomic mass is 9.96. The summed E-state index contributed by atoms with van der Waals surface area (Å²) < 4.78 is 0. The van der Waals surface area contributed by atoms with Crippen molar-refractivity contribution < 1.29 is 19.8 Å². The quantitative estimate of drug-likeness (QED) is 0.684. The molecule has 0 saturated carbocycles. The second-order valence-corrected chi connectivity index (χ2v) is 6.32. The molecule has 2 aromatic heterocycles. The zero-order valence-corrected chi connectivity index (χ0v) is 13.6. The van der Waals surface area contributed by atoms with Crippen LogP contribution in [0.4, 0.5) is 0 Å². The molecule has 1 aliphatic heterocycles. The van der Waals surface area contributed by atoms with Crippen LogP contribution in [-0.4, -0.2) is 62.2 Å². The number of aliphatic hydroxyl groups is 1. The summed E-state index contributed by atoms with van der Waals surface area (Å²) in [5, 5.41) is 19.1. The third-order valence-corrected chi connectivity index (χ3v) is 4.49. The second-order valence-electron chi connectivity index (χ2n) is 6.32. The number of hydrogen-bond donors (Lipinski definition) is 3. The van der Waals surface area contributed by atoms with Gasteiger partial charge < -0.3 is 20.8 Å². The number of carbonyl (C=O) groups excluding carboxylic acids is 1. The van der Waals surface area contributed by atoms with Crippen LogP contribution in [0.3, 0.4) is 0 Å². The number of nitrogens with two attached hydrogens (primary N) is 1. The lowest BCUT2D eigenvalue weighted by Gasteiger charge is -2.19. The van der Waals surface area contributed by atoms with E-state index in [9.17, 15) is 14.7 Å². The monoisotopic (exact) mass is 344 g/mol. The van der Waals surface area contributed by atoms with Crippen LogP contribution >= 0.6 is 0 Å². The molecule has 0 unspecified atom stereocenters. The Kier molecular flexibility index (Phi) is 4.91. The van der Waals surface area contributed by atoms with Crippen LogP contribution in [0, 0.1) is 5.92 Å². The molecular formula is C17H20N4O4. The SMILES string of the molecule is N[C@@H](CC(=O)O)C(=O)N1C[C@@H](Cc2ccnc3cccnc23)[C@@H](O)C1. The van der Waals surface area contributed by atoms with E-state index in [0.29, 0.717) is 13.0 Å². The van der Waals surface area contributed by atoms with Gasteiger partial charge >= 0.3 is 5.97 Å². The highest BCUT2D eigenvalue weighted by atomic mass is 16.4. The molecular weight excluding hydrogens is 324 g/mol. The number of aromatic nitrogens is 2. The molecule has 3 rings (SSSR count). The van der Waals surface area contributed by atoms with Crippen molar-refractivity contribution in [2.45, 2.75) is 25.0 Å². The number of carboxylic acids is 1. The van der Waals surface area contributed by atoms with Gasteiger partial charge in [-0.2, -0.15) is 0 Å². The first-order valence-electron chi connectivity index (χ1n) is 8.08. The van der Waals surface area contributed by atoms with Gasteiger partial charge in [-0.1, -0.05) is 0 Å². The standard InChI is InChI=1S/C17H20N4O4/c18-12(7-15(23)24)17(25)21-8-11(14(22)9-21)6-10-3-5-19-13-2-1-4-20-16(10)13/h1-5,11-12,14,22H,6-9,18H2,(H,23,24)/t11-,12+,14+/m1/s1. The lowest BCUT2D eigenvalue weighted by molar-refractivity contribution is -0.141. The second kappa shape index (κ2) is 7.12. The fourth-order valence-electron chi connectivity index (χ4n) is 3.23. The zero-order valence-electron chi connectivity index (χ0n) is 13.6. The van der Waals surface area contributed by atoms with Gasteiger partial charge in [0, 0.05) is 31.4 Å². The number of nitrogens with zero attached hydrogens (tertiary/aromatic N) is 3. The van der Waals surface area contributed by atoms with Gasteiger partial charge in [-0.15, -0.1) is 0 Å². The number of pyridine rings is 2. The minimum atomic E-state index is -1.12. The van der Waals surface area contributed by atoms with Gasteiger partial charge in [0.2, 0.25) is 5.91 Å². The number of β-amino-alcohol motifs (C(OH)–C–C–N with tert-alkyl or cyclic N) is 1. The Morgan fingerprint density at radius 2 is 2.08 bits per heavy atom. The summed E-state index contributed by atoms with van der Waals surface area (Å²) >= 11 is 0. The first kappa shape index (κ1) is 17.2. The van der Waals surface area contributed by atoms with Crippen LogP contribution in [0.5, 0.6) is 0 Å². The number of aliphatic carboxylic acids is 1. The molecule has 8 heteroatoms. The molecule has 1 saturated heterocycles. The minimum Gasteiger partial charge on any atom is -0.481 e. The highest BCUT2D eigenvalue weighted by Gasteiger charge is 2.36. The van der Waals surface area contributed by atoms with Gasteiger partial charge in [0.05, 0.1) is 29.6 Å². The molecule has 25 heavy (non-hydrogen) atoms. The molecule has 0 aromatic carbocycles. The molecule has 0 radical (unpaired) electrons. The molecule has 2 aromatic rings. The van der Waals surface area contributed by atoms with Crippen molar-refractivity contribution >= 4 is 22.9 Å². The third-order valence-electron chi connectivity index (χ3n) is 4.49. The Morgan fingerprint density at radius 1 is 1.28 bits per heavy atom. The van der Waals surface area contributed by atoms with Gasteiger partial charge in [0.1, 0.15) is 0 Å². The average molecular weight is 344 g/mol. The minimum absolute atomic E-state index is 0.159. The van der Waals surface area contributed by atoms with Crippen molar-refractivity contribution in [2.75, 3.05) is 13.1 Å². The number of hydrogen-bond acceptors (Lipinski definition) is 6. The predicted octanol–water partition coefficient (Wildman–Crippen LogP) is -0.206. The number of carboxylic acid groups (broad SMARTS) is 1. The molecule has 3 heterocycles. The Labute approximate surface area is 144 Å². The van der Waals surface area contributed by atoms with Crippen LogP contribution < -0.4 is 5.73 Å². The van der Waals surface area contributed by atoms with Gasteiger partial charge in [-0.25, -0.2) is 0 Å². The summed E-state index contributed by atoms with van der Waals surface area (Å²) in [6.45, 7) is 0.497. The first-order chi connectivity index (χ1) is 12.0. The van der Waals surface area contributed by atoms with Crippen molar-refractivity contribution in [3.63, 3.8) is 0 Å². The summed E-state index contributed by atoms with van der Waals surface area (Å²) in [4.78, 5) is 33.0. The van der Waals surface area contributed by atoms with Gasteiger partial charge in [0.15, 0.2) is 0 Å². The van der Waals surface area contributed by atoms with Crippen LogP contribution in [-0.2, 0) is 16.0 Å². The topological polar surface area (TPSA) is 130 Å². The van der Waals surface area contributed by atoms with Gasteiger partial charge in [0.25, 0.3) is 0 Å². The molecule has 4 N–H and O–H groups in total. The van der Waals surface area contributed by atoms with Gasteiger partial charge in [-0.05, 0) is 30.2 Å². The van der Waals surface area contributed by atoms with Crippen LogP contribution in [0.25, 0.3) is 11.0 Å². The fourth-order valence-corrected chi connectivity index (χ4v) is 3.23. The summed E-state index contributed by atoms with van der Waals surface area (Å²) in [6, 6.07) is 4.46. The smallest absolute Gasteiger partial charge is 0.305 e. The van der Waals surface area contributed by atoms with E-state index < -0.39 is 30.4 Å². The Hall–Kier alpha value is -2.58. The predicted molar refractivity (Wildman–Crippen MR) is 89.5 cm³/mol. The van der Waals surface area contributed by atoms with Crippen LogP contribution in [0.2, 0.25) is 0 Å². The van der Waals surface area contributed by atoms with E-state index in [-0.39, 0.29) is 12.5 Å². The van der Waals surface area contributed by atoms with Crippen molar-refractivity contribution in [3.8, 4) is 0 Å². The zero-order chi connectivity index (χ0) is 18.0. The maximum atomic E-state index is 12.2. The highest BCUT2D eigenvalue weighted by Crippen LogP contribution is 2.25. The number of likely N-dealkylation sites (tertiary alicyclic amines) is 1. The van der Waals surface area contributed by atoms with E-state index in [2.05, 4.69) is 9.97 Å². The van der Waals surface area contributed by atoms with Crippen LogP contribution in [0.15, 0.2) is 30.6 Å². The summed E-state index contributed by atoms with van der Waals surface area (Å²) in [7, 11) is 0. The Balaban J connectivity index is 1.72. The number of aliphatic hydroxyl groups excluding tert-OH is 1. The number of fused-ring (bicyclic) bond motifs is 1. The molecule has 0 spiro atoms. The van der Waals surface area contributed by atoms with E-state index in [1.165, 1.54) is 4.90 Å². The number of rotatable bonds is 5. The third kappa shape index (κ3) is 3.75. The molecule has 0 bridgehead atoms. The largest absolute Gasteiger partial charge is 0.481 e. The molecule has 8 nitrogen and oxygen atoms in total. The van der Waals surface area contributed by atoms with Crippen LogP contribution in [0.1, 0.15) is 12.0 Å². The van der Waals surface area contributed by atoms with Crippen molar-refractivity contribution in [3.05, 3.63) is 36.2 Å². The summed E-state index contributed by atoms with van der Waals surface area (Å²) in [5.41, 5.74) is 8.16. The van der Waals surface area contributed by atoms with Crippen molar-refractivity contribution in [2.24, 2.45) is 11.7 Å². The van der Waals surface area contributed by atoms with E-state index in [1.807, 2.05) is 18.2 Å². The lowest BCUT2D eigenvalue weighted by Crippen LogP contribution is -2.44. The molecule has 1 aliphatic rings. The van der Waals surface area contributed by atoms with Crippen molar-refractivity contribution in [1.82, 2.24) is 14.9 Å². The Morgan fingerprint density at radius 3 is 2.84 bits per heavy atom. The fraction of sp³-hybridized carbons (Fsp3) is 0.412. The first-order valence-corrected chi connectivity index (χ1v) is 8.08. The normalized spacial score (nSPS) is 21.4. The average Bonchev–Trinajstić information content (AvgIpc) is 2.94. The van der Waals surface area contributed by atoms with E-state index in [0.717, 1.165) is 16.6 Å². The molecule has 1 amide bonds. The molecule has 132 valence electrons. The number of carbonyl (C=O) groups is 2. The van der Waals surface area contributed by atoms with E-state index in [1.54, 1.807) is 12.4 Å². The maximum Gasteiger partial charge on any atom is 0.305 e. The molecule has 3 atom stereocenters. The molecule has 1 fully saturated rings. The number of amides is 1. The highest BCUT2D eigenvalue weighted by molar-refractivity contribution is 5.86. The van der Waals surface area contributed by atoms with Gasteiger partial charge in [-0.3, -0.25) is 19.6 Å². The van der Waals surface area contributed by atoms with E-state index in [4.69, 9.17) is 10.8 Å². The molecule has 0 aliphatic carbocycles.